The highest BCUT2D eigenvalue weighted by Gasteiger charge is 2.50. The number of aliphatic hydroxyl groups is 1. The molecule has 39 heavy (non-hydrogen) atoms. The summed E-state index contributed by atoms with van der Waals surface area (Å²) in [5, 5.41) is 13.0. The summed E-state index contributed by atoms with van der Waals surface area (Å²) in [4.78, 5) is 16.2. The smallest absolute Gasteiger partial charge is 0.254 e. The number of methoxy groups -OCH3 is 2. The molecule has 1 aliphatic heterocycles. The second-order valence-corrected chi connectivity index (χ2v) is 10.2. The fourth-order valence-corrected chi connectivity index (χ4v) is 5.87. The zero-order valence-electron chi connectivity index (χ0n) is 23.0. The number of aryl methyl sites for hydroxylation is 2. The molecule has 0 bridgehead atoms. The van der Waals surface area contributed by atoms with E-state index in [2.05, 4.69) is 0 Å². The highest BCUT2D eigenvalue weighted by atomic mass is 16.5. The number of hydrogen-bond acceptors (Lipinski definition) is 4. The molecule has 5 nitrogen and oxygen atoms in total. The SMILES string of the molecule is COc1cc(C)ccc1C(O)(c1ccc(C)cc1OC)[C@@H]1CCCN1C(=O)c1ccccc1-c1ccccc1. The van der Waals surface area contributed by atoms with Crippen LogP contribution in [0.1, 0.15) is 45.5 Å². The molecule has 5 rings (SSSR count). The summed E-state index contributed by atoms with van der Waals surface area (Å²) >= 11 is 0. The van der Waals surface area contributed by atoms with Gasteiger partial charge >= 0.3 is 0 Å². The standard InChI is InChI=1S/C34H35NO4/c1-23-16-18-28(30(21-23)38-3)34(37,29-19-17-24(2)22-31(29)39-4)32-15-10-20-35(32)33(36)27-14-9-8-13-26(27)25-11-6-5-7-12-25/h5-9,11-14,16-19,21-22,32,37H,10,15,20H2,1-4H3/t32-/m0/s1. The van der Waals surface area contributed by atoms with Gasteiger partial charge in [-0.05, 0) is 67.1 Å². The second-order valence-electron chi connectivity index (χ2n) is 10.2. The molecule has 0 spiro atoms. The van der Waals surface area contributed by atoms with Crippen molar-refractivity contribution in [1.82, 2.24) is 4.90 Å². The Balaban J connectivity index is 1.68. The summed E-state index contributed by atoms with van der Waals surface area (Å²) in [6, 6.07) is 28.7. The summed E-state index contributed by atoms with van der Waals surface area (Å²) in [7, 11) is 3.22. The lowest BCUT2D eigenvalue weighted by Crippen LogP contribution is -2.51. The van der Waals surface area contributed by atoms with Crippen molar-refractivity contribution in [2.75, 3.05) is 20.8 Å². The van der Waals surface area contributed by atoms with Gasteiger partial charge in [0.05, 0.1) is 20.3 Å². The maximum Gasteiger partial charge on any atom is 0.254 e. The van der Waals surface area contributed by atoms with Gasteiger partial charge in [-0.15, -0.1) is 0 Å². The lowest BCUT2D eigenvalue weighted by atomic mass is 9.77. The zero-order chi connectivity index (χ0) is 27.6. The van der Waals surface area contributed by atoms with E-state index in [0.717, 1.165) is 28.7 Å². The molecule has 1 saturated heterocycles. The van der Waals surface area contributed by atoms with Crippen LogP contribution >= 0.6 is 0 Å². The third-order valence-corrected chi connectivity index (χ3v) is 7.77. The molecule has 4 aromatic carbocycles. The number of carbonyl (C=O) groups excluding carboxylic acids is 1. The van der Waals surface area contributed by atoms with Crippen molar-refractivity contribution in [2.45, 2.75) is 38.3 Å². The van der Waals surface area contributed by atoms with Crippen molar-refractivity contribution in [3.63, 3.8) is 0 Å². The maximum absolute atomic E-state index is 14.3. The molecule has 1 atom stereocenters. The van der Waals surface area contributed by atoms with Crippen LogP contribution in [0.15, 0.2) is 91.0 Å². The van der Waals surface area contributed by atoms with Gasteiger partial charge < -0.3 is 19.5 Å². The number of nitrogens with zero attached hydrogens (tertiary/aromatic N) is 1. The molecule has 0 saturated carbocycles. The first-order valence-electron chi connectivity index (χ1n) is 13.4. The normalized spacial score (nSPS) is 15.3. The van der Waals surface area contributed by atoms with Crippen LogP contribution in [0.4, 0.5) is 0 Å². The molecule has 0 aromatic heterocycles. The van der Waals surface area contributed by atoms with E-state index in [1.807, 2.05) is 110 Å². The van der Waals surface area contributed by atoms with Crippen LogP contribution in [0.2, 0.25) is 0 Å². The van der Waals surface area contributed by atoms with E-state index in [9.17, 15) is 9.90 Å². The number of rotatable bonds is 7. The average molecular weight is 522 g/mol. The third-order valence-electron chi connectivity index (χ3n) is 7.77. The Bertz CT molecular complexity index is 1430. The van der Waals surface area contributed by atoms with Gasteiger partial charge in [0.1, 0.15) is 17.1 Å². The van der Waals surface area contributed by atoms with Gasteiger partial charge in [0, 0.05) is 23.2 Å². The van der Waals surface area contributed by atoms with Crippen LogP contribution in [0.25, 0.3) is 11.1 Å². The maximum atomic E-state index is 14.3. The Kier molecular flexibility index (Phi) is 7.45. The van der Waals surface area contributed by atoms with Gasteiger partial charge in [0.25, 0.3) is 5.91 Å². The largest absolute Gasteiger partial charge is 0.496 e. The van der Waals surface area contributed by atoms with Gasteiger partial charge in [-0.2, -0.15) is 0 Å². The molecular formula is C34H35NO4. The first kappa shape index (κ1) is 26.5. The molecule has 0 aliphatic carbocycles. The number of likely N-dealkylation sites (tertiary alicyclic amines) is 1. The molecule has 200 valence electrons. The van der Waals surface area contributed by atoms with Crippen LogP contribution < -0.4 is 9.47 Å². The lowest BCUT2D eigenvalue weighted by Gasteiger charge is -2.41. The summed E-state index contributed by atoms with van der Waals surface area (Å²) in [5.74, 6) is 1.04. The Morgan fingerprint density at radius 2 is 1.38 bits per heavy atom. The molecule has 1 aliphatic rings. The van der Waals surface area contributed by atoms with E-state index in [1.165, 1.54) is 0 Å². The fraction of sp³-hybridized carbons (Fsp3) is 0.265. The quantitative estimate of drug-likeness (QED) is 0.300. The molecule has 0 unspecified atom stereocenters. The number of amides is 1. The van der Waals surface area contributed by atoms with Crippen molar-refractivity contribution in [3.8, 4) is 22.6 Å². The summed E-state index contributed by atoms with van der Waals surface area (Å²) in [6.07, 6.45) is 1.40. The summed E-state index contributed by atoms with van der Waals surface area (Å²) in [5.41, 5.74) is 4.15. The predicted octanol–water partition coefficient (Wildman–Crippen LogP) is 6.53. The van der Waals surface area contributed by atoms with Gasteiger partial charge in [-0.1, -0.05) is 72.8 Å². The number of ether oxygens (including phenoxy) is 2. The third kappa shape index (κ3) is 4.79. The van der Waals surface area contributed by atoms with Crippen molar-refractivity contribution in [1.29, 1.82) is 0 Å². The minimum absolute atomic E-state index is 0.104. The number of carbonyl (C=O) groups is 1. The first-order valence-corrected chi connectivity index (χ1v) is 13.4. The Morgan fingerprint density at radius 1 is 0.821 bits per heavy atom. The molecule has 4 aromatic rings. The zero-order valence-corrected chi connectivity index (χ0v) is 23.0. The van der Waals surface area contributed by atoms with Crippen LogP contribution in [0, 0.1) is 13.8 Å². The fourth-order valence-electron chi connectivity index (χ4n) is 5.87. The van der Waals surface area contributed by atoms with Gasteiger partial charge in [-0.3, -0.25) is 4.79 Å². The van der Waals surface area contributed by atoms with Crippen LogP contribution in [-0.2, 0) is 5.60 Å². The molecule has 0 radical (unpaired) electrons. The topological polar surface area (TPSA) is 59.0 Å². The van der Waals surface area contributed by atoms with Crippen LogP contribution in [-0.4, -0.2) is 42.7 Å². The average Bonchev–Trinajstić information content (AvgIpc) is 3.47. The Hall–Kier alpha value is -4.09. The molecule has 1 heterocycles. The predicted molar refractivity (Wildman–Crippen MR) is 154 cm³/mol. The van der Waals surface area contributed by atoms with E-state index in [1.54, 1.807) is 14.2 Å². The van der Waals surface area contributed by atoms with Gasteiger partial charge in [0.15, 0.2) is 0 Å². The van der Waals surface area contributed by atoms with E-state index in [0.29, 0.717) is 41.2 Å². The Morgan fingerprint density at radius 3 is 1.97 bits per heavy atom. The molecule has 1 N–H and O–H groups in total. The minimum atomic E-state index is -1.58. The van der Waals surface area contributed by atoms with E-state index >= 15 is 0 Å². The highest BCUT2D eigenvalue weighted by Crippen LogP contribution is 2.47. The monoisotopic (exact) mass is 521 g/mol. The van der Waals surface area contributed by atoms with Crippen molar-refractivity contribution < 1.29 is 19.4 Å². The minimum Gasteiger partial charge on any atom is -0.496 e. The lowest BCUT2D eigenvalue weighted by molar-refractivity contribution is -0.00361. The van der Waals surface area contributed by atoms with E-state index in [4.69, 9.17) is 9.47 Å². The van der Waals surface area contributed by atoms with Crippen molar-refractivity contribution in [2.24, 2.45) is 0 Å². The van der Waals surface area contributed by atoms with Crippen LogP contribution in [0.3, 0.4) is 0 Å². The second kappa shape index (κ2) is 11.0. The van der Waals surface area contributed by atoms with Crippen molar-refractivity contribution in [3.05, 3.63) is 119 Å². The summed E-state index contributed by atoms with van der Waals surface area (Å²) < 4.78 is 11.6. The molecule has 1 amide bonds. The van der Waals surface area contributed by atoms with E-state index in [-0.39, 0.29) is 5.91 Å². The van der Waals surface area contributed by atoms with Gasteiger partial charge in [-0.25, -0.2) is 0 Å². The number of benzene rings is 4. The van der Waals surface area contributed by atoms with E-state index < -0.39 is 11.6 Å². The Labute approximate surface area is 230 Å². The summed E-state index contributed by atoms with van der Waals surface area (Å²) in [6.45, 7) is 4.52. The van der Waals surface area contributed by atoms with Crippen molar-refractivity contribution >= 4 is 5.91 Å². The molecular weight excluding hydrogens is 486 g/mol. The van der Waals surface area contributed by atoms with Crippen LogP contribution in [0.5, 0.6) is 11.5 Å². The molecule has 5 heteroatoms. The van der Waals surface area contributed by atoms with Gasteiger partial charge in [0.2, 0.25) is 0 Å². The first-order chi connectivity index (χ1) is 18.9. The number of hydrogen-bond donors (Lipinski definition) is 1. The highest BCUT2D eigenvalue weighted by molar-refractivity contribution is 6.01. The molecule has 1 fully saturated rings.